The van der Waals surface area contributed by atoms with Gasteiger partial charge in [-0.05, 0) is 0 Å². The first-order valence-corrected chi connectivity index (χ1v) is 7.68. The molecule has 2 aliphatic rings. The lowest BCUT2D eigenvalue weighted by atomic mass is 9.99. The minimum absolute atomic E-state index is 0.0258. The monoisotopic (exact) mass is 358 g/mol. The van der Waals surface area contributed by atoms with E-state index in [2.05, 4.69) is 12.6 Å². The van der Waals surface area contributed by atoms with Gasteiger partial charge >= 0.3 is 0 Å². The van der Waals surface area contributed by atoms with Gasteiger partial charge in [0.15, 0.2) is 6.29 Å². The third-order valence-corrected chi connectivity index (χ3v) is 4.43. The summed E-state index contributed by atoms with van der Waals surface area (Å²) < 4.78 is 15.7. The summed E-state index contributed by atoms with van der Waals surface area (Å²) in [7, 11) is 0. The van der Waals surface area contributed by atoms with E-state index in [9.17, 15) is 30.6 Å². The predicted octanol–water partition coefficient (Wildman–Crippen LogP) is -4.46. The second-order valence-corrected chi connectivity index (χ2v) is 5.92. The molecule has 9 atom stereocenters. The van der Waals surface area contributed by atoms with Crippen LogP contribution >= 0.6 is 12.6 Å². The summed E-state index contributed by atoms with van der Waals surface area (Å²) in [5.74, 6) is -2.08. The largest absolute Gasteiger partial charge is 0.394 e. The van der Waals surface area contributed by atoms with Gasteiger partial charge in [0.25, 0.3) is 0 Å². The fourth-order valence-electron chi connectivity index (χ4n) is 2.63. The Morgan fingerprint density at radius 1 is 0.913 bits per heavy atom. The normalized spacial score (nSPS) is 51.1. The summed E-state index contributed by atoms with van der Waals surface area (Å²) in [6.07, 6.45) is -11.9. The van der Waals surface area contributed by atoms with E-state index in [0.29, 0.717) is 0 Å². The van der Waals surface area contributed by atoms with Crippen LogP contribution in [0.5, 0.6) is 0 Å². The molecule has 0 bridgehead atoms. The Morgan fingerprint density at radius 3 is 2.04 bits per heavy atom. The molecule has 0 aromatic heterocycles. The van der Waals surface area contributed by atoms with Crippen molar-refractivity contribution >= 4 is 12.6 Å². The predicted molar refractivity (Wildman–Crippen MR) is 75.4 cm³/mol. The number of aliphatic hydroxyl groups is 7. The van der Waals surface area contributed by atoms with Gasteiger partial charge in [0.05, 0.1) is 12.7 Å². The highest BCUT2D eigenvalue weighted by atomic mass is 32.1. The summed E-state index contributed by atoms with van der Waals surface area (Å²) in [4.78, 5) is 0. The minimum Gasteiger partial charge on any atom is -0.394 e. The van der Waals surface area contributed by atoms with Crippen LogP contribution in [0.4, 0.5) is 0 Å². The van der Waals surface area contributed by atoms with Gasteiger partial charge in [-0.1, -0.05) is 0 Å². The lowest BCUT2D eigenvalue weighted by Crippen LogP contribution is -2.62. The maximum atomic E-state index is 10.1. The van der Waals surface area contributed by atoms with E-state index in [-0.39, 0.29) is 5.75 Å². The standard InChI is InChI=1S/C12H22O10S/c13-1-4-6(15)8(17)9(18)11(20-4)22-12(3-14)10(19)7(16)5(2-23)21-12/h4-11,13-19,23H,1-3H2/t4-,5-,6-,7-,8+,9-,10+,11-,12+/m1/s1. The van der Waals surface area contributed by atoms with Gasteiger partial charge in [-0.2, -0.15) is 12.6 Å². The molecule has 0 aromatic rings. The van der Waals surface area contributed by atoms with E-state index in [1.54, 1.807) is 0 Å². The molecule has 2 heterocycles. The molecule has 11 heteroatoms. The van der Waals surface area contributed by atoms with Crippen LogP contribution < -0.4 is 0 Å². The number of rotatable bonds is 5. The molecule has 10 nitrogen and oxygen atoms in total. The zero-order valence-corrected chi connectivity index (χ0v) is 12.9. The Hall–Kier alpha value is -0.0500. The van der Waals surface area contributed by atoms with Crippen molar-refractivity contribution in [3.05, 3.63) is 0 Å². The highest BCUT2D eigenvalue weighted by molar-refractivity contribution is 7.80. The third-order valence-electron chi connectivity index (χ3n) is 4.07. The average molecular weight is 358 g/mol. The van der Waals surface area contributed by atoms with Gasteiger partial charge in [-0.3, -0.25) is 0 Å². The summed E-state index contributed by atoms with van der Waals surface area (Å²) in [5.41, 5.74) is 0. The maximum absolute atomic E-state index is 10.1. The van der Waals surface area contributed by atoms with E-state index in [4.69, 9.17) is 19.3 Å². The van der Waals surface area contributed by atoms with Crippen LogP contribution in [0.25, 0.3) is 0 Å². The van der Waals surface area contributed by atoms with Gasteiger partial charge in [0, 0.05) is 5.75 Å². The van der Waals surface area contributed by atoms with Crippen LogP contribution in [-0.4, -0.2) is 110 Å². The second kappa shape index (κ2) is 7.45. The second-order valence-electron chi connectivity index (χ2n) is 5.56. The summed E-state index contributed by atoms with van der Waals surface area (Å²) >= 11 is 3.95. The van der Waals surface area contributed by atoms with Crippen molar-refractivity contribution in [2.45, 2.75) is 54.8 Å². The zero-order chi connectivity index (χ0) is 17.4. The molecule has 7 N–H and O–H groups in total. The van der Waals surface area contributed by atoms with Crippen molar-refractivity contribution in [1.82, 2.24) is 0 Å². The van der Waals surface area contributed by atoms with Gasteiger partial charge in [-0.25, -0.2) is 0 Å². The summed E-state index contributed by atoms with van der Waals surface area (Å²) in [6.45, 7) is -1.55. The van der Waals surface area contributed by atoms with Crippen LogP contribution in [-0.2, 0) is 14.2 Å². The lowest BCUT2D eigenvalue weighted by molar-refractivity contribution is -0.382. The van der Waals surface area contributed by atoms with Gasteiger partial charge in [0.2, 0.25) is 5.79 Å². The molecule has 136 valence electrons. The van der Waals surface area contributed by atoms with E-state index in [0.717, 1.165) is 0 Å². The number of aliphatic hydroxyl groups excluding tert-OH is 7. The van der Waals surface area contributed by atoms with Crippen molar-refractivity contribution in [2.75, 3.05) is 19.0 Å². The highest BCUT2D eigenvalue weighted by Crippen LogP contribution is 2.36. The van der Waals surface area contributed by atoms with Gasteiger partial charge in [0.1, 0.15) is 43.2 Å². The van der Waals surface area contributed by atoms with Gasteiger partial charge in [-0.15, -0.1) is 0 Å². The first kappa shape index (κ1) is 19.3. The molecule has 0 unspecified atom stereocenters. The van der Waals surface area contributed by atoms with E-state index in [1.165, 1.54) is 0 Å². The van der Waals surface area contributed by atoms with E-state index in [1.807, 2.05) is 0 Å². The van der Waals surface area contributed by atoms with Crippen molar-refractivity contribution < 1.29 is 50.0 Å². The molecule has 2 saturated heterocycles. The third kappa shape index (κ3) is 3.37. The topological polar surface area (TPSA) is 169 Å². The van der Waals surface area contributed by atoms with Crippen molar-refractivity contribution in [3.63, 3.8) is 0 Å². The lowest BCUT2D eigenvalue weighted by Gasteiger charge is -2.43. The molecule has 0 radical (unpaired) electrons. The quantitative estimate of drug-likeness (QED) is 0.224. The van der Waals surface area contributed by atoms with Crippen molar-refractivity contribution in [2.24, 2.45) is 0 Å². The first-order chi connectivity index (χ1) is 10.8. The van der Waals surface area contributed by atoms with E-state index < -0.39 is 68.0 Å². The Morgan fingerprint density at radius 2 is 1.57 bits per heavy atom. The number of hydrogen-bond acceptors (Lipinski definition) is 11. The Bertz CT molecular complexity index is 398. The Kier molecular flexibility index (Phi) is 6.25. The van der Waals surface area contributed by atoms with Gasteiger partial charge < -0.3 is 50.0 Å². The molecular weight excluding hydrogens is 336 g/mol. The molecule has 0 aromatic carbocycles. The molecule has 2 fully saturated rings. The van der Waals surface area contributed by atoms with Crippen LogP contribution in [0.1, 0.15) is 0 Å². The van der Waals surface area contributed by atoms with Crippen LogP contribution in [0, 0.1) is 0 Å². The fourth-order valence-corrected chi connectivity index (χ4v) is 2.92. The number of hydrogen-bond donors (Lipinski definition) is 8. The average Bonchev–Trinajstić information content (AvgIpc) is 2.80. The molecule has 2 aliphatic heterocycles. The molecular formula is C12H22O10S. The van der Waals surface area contributed by atoms with Crippen LogP contribution in [0.2, 0.25) is 0 Å². The first-order valence-electron chi connectivity index (χ1n) is 7.05. The molecule has 2 rings (SSSR count). The summed E-state index contributed by atoms with van der Waals surface area (Å²) in [6, 6.07) is 0. The van der Waals surface area contributed by atoms with Crippen molar-refractivity contribution in [3.8, 4) is 0 Å². The van der Waals surface area contributed by atoms with Crippen molar-refractivity contribution in [1.29, 1.82) is 0 Å². The minimum atomic E-state index is -2.11. The van der Waals surface area contributed by atoms with Crippen LogP contribution in [0.15, 0.2) is 0 Å². The molecule has 0 spiro atoms. The summed E-state index contributed by atoms with van der Waals surface area (Å²) in [5, 5.41) is 67.9. The van der Waals surface area contributed by atoms with E-state index >= 15 is 0 Å². The van der Waals surface area contributed by atoms with Crippen LogP contribution in [0.3, 0.4) is 0 Å². The number of thiol groups is 1. The Balaban J connectivity index is 2.18. The number of ether oxygens (including phenoxy) is 3. The molecule has 0 amide bonds. The molecule has 0 aliphatic carbocycles. The maximum Gasteiger partial charge on any atom is 0.223 e. The Labute approximate surface area is 137 Å². The molecule has 0 saturated carbocycles. The highest BCUT2D eigenvalue weighted by Gasteiger charge is 2.58. The smallest absolute Gasteiger partial charge is 0.223 e. The molecule has 23 heavy (non-hydrogen) atoms. The SMILES string of the molecule is OC[C@H]1O[C@H](O[C@]2(CO)O[C@H](CS)[C@@H](O)[C@@H]2O)[C@H](O)[C@@H](O)[C@@H]1O. The fraction of sp³-hybridized carbons (Fsp3) is 1.00. The zero-order valence-electron chi connectivity index (χ0n) is 12.0.